The number of hydrogen-bond donors (Lipinski definition) is 0. The third-order valence-electron chi connectivity index (χ3n) is 9.70. The largest absolute Gasteiger partial charge is 0.430 e. The number of nitrogens with zero attached hydrogens (tertiary/aromatic N) is 3. The molecule has 0 saturated heterocycles. The van der Waals surface area contributed by atoms with Gasteiger partial charge in [0, 0.05) is 30.8 Å². The molecular formula is C40H61F6N3O3. The highest BCUT2D eigenvalue weighted by molar-refractivity contribution is 6.22. The number of unbranched alkanes of at least 4 members (excludes halogenated alkanes) is 13. The molecule has 0 N–H and O–H groups in total. The van der Waals surface area contributed by atoms with Crippen LogP contribution in [0.5, 0.6) is 0 Å². The number of imide groups is 1. The third kappa shape index (κ3) is 11.6. The summed E-state index contributed by atoms with van der Waals surface area (Å²) >= 11 is 0. The summed E-state index contributed by atoms with van der Waals surface area (Å²) in [6, 6.07) is 2.69. The van der Waals surface area contributed by atoms with Crippen LogP contribution in [0.25, 0.3) is 0 Å². The second kappa shape index (κ2) is 20.5. The van der Waals surface area contributed by atoms with E-state index in [9.17, 15) is 35.9 Å². The Morgan fingerprint density at radius 1 is 0.788 bits per heavy atom. The molecule has 52 heavy (non-hydrogen) atoms. The fourth-order valence-electron chi connectivity index (χ4n) is 6.87. The van der Waals surface area contributed by atoms with E-state index in [4.69, 9.17) is 0 Å². The monoisotopic (exact) mass is 745 g/mol. The van der Waals surface area contributed by atoms with Crippen molar-refractivity contribution in [2.75, 3.05) is 12.0 Å². The van der Waals surface area contributed by atoms with Gasteiger partial charge < -0.3 is 4.74 Å². The minimum absolute atomic E-state index is 0.129. The van der Waals surface area contributed by atoms with Crippen molar-refractivity contribution in [3.63, 3.8) is 0 Å². The molecule has 2 aromatic rings. The van der Waals surface area contributed by atoms with Crippen LogP contribution in [0.3, 0.4) is 0 Å². The van der Waals surface area contributed by atoms with E-state index in [0.717, 1.165) is 36.3 Å². The maximum Gasteiger partial charge on any atom is 0.430 e. The van der Waals surface area contributed by atoms with E-state index in [2.05, 4.69) is 16.8 Å². The molecule has 0 aliphatic carbocycles. The molecule has 0 fully saturated rings. The van der Waals surface area contributed by atoms with Gasteiger partial charge in [0.15, 0.2) is 0 Å². The second-order valence-electron chi connectivity index (χ2n) is 14.8. The Bertz CT molecular complexity index is 1400. The maximum absolute atomic E-state index is 14.3. The number of alkyl halides is 6. The molecule has 12 heteroatoms. The van der Waals surface area contributed by atoms with Crippen molar-refractivity contribution in [3.8, 4) is 0 Å². The predicted molar refractivity (Wildman–Crippen MR) is 194 cm³/mol. The van der Waals surface area contributed by atoms with Crippen LogP contribution in [-0.2, 0) is 28.1 Å². The number of anilines is 1. The minimum atomic E-state index is -5.85. The quantitative estimate of drug-likeness (QED) is 0.0889. The van der Waals surface area contributed by atoms with Gasteiger partial charge in [-0.15, -0.1) is 0 Å². The molecule has 0 spiro atoms. The van der Waals surface area contributed by atoms with Crippen LogP contribution in [0.15, 0.2) is 18.2 Å². The number of amides is 2. The average molecular weight is 746 g/mol. The van der Waals surface area contributed by atoms with Gasteiger partial charge in [0.1, 0.15) is 0 Å². The molecule has 0 aliphatic heterocycles. The summed E-state index contributed by atoms with van der Waals surface area (Å²) in [4.78, 5) is 28.6. The van der Waals surface area contributed by atoms with Crippen molar-refractivity contribution in [1.29, 1.82) is 0 Å². The van der Waals surface area contributed by atoms with Gasteiger partial charge in [0.25, 0.3) is 11.5 Å². The lowest BCUT2D eigenvalue weighted by Gasteiger charge is -2.38. The summed E-state index contributed by atoms with van der Waals surface area (Å²) in [6.07, 6.45) is 5.22. The molecule has 2 amide bonds. The average Bonchev–Trinajstić information content (AvgIpc) is 3.32. The van der Waals surface area contributed by atoms with Crippen LogP contribution in [0.1, 0.15) is 157 Å². The van der Waals surface area contributed by atoms with Crippen molar-refractivity contribution in [3.05, 3.63) is 46.3 Å². The van der Waals surface area contributed by atoms with E-state index < -0.39 is 41.2 Å². The summed E-state index contributed by atoms with van der Waals surface area (Å²) in [5.41, 5.74) is -5.13. The number of carbonyl (C=O) groups is 2. The van der Waals surface area contributed by atoms with Crippen molar-refractivity contribution in [2.45, 2.75) is 169 Å². The second-order valence-corrected chi connectivity index (χ2v) is 14.8. The number of methoxy groups -OCH3 is 1. The van der Waals surface area contributed by atoms with Gasteiger partial charge in [0.2, 0.25) is 5.91 Å². The molecule has 0 atom stereocenters. The van der Waals surface area contributed by atoms with Gasteiger partial charge in [-0.25, -0.2) is 4.90 Å². The number of hydrogen-bond acceptors (Lipinski definition) is 4. The van der Waals surface area contributed by atoms with Gasteiger partial charge in [-0.1, -0.05) is 124 Å². The van der Waals surface area contributed by atoms with Crippen LogP contribution in [0.2, 0.25) is 0 Å². The predicted octanol–water partition coefficient (Wildman–Crippen LogP) is 12.0. The zero-order chi connectivity index (χ0) is 39.3. The summed E-state index contributed by atoms with van der Waals surface area (Å²) in [6.45, 7) is 12.6. The van der Waals surface area contributed by atoms with Crippen molar-refractivity contribution in [1.82, 2.24) is 9.78 Å². The molecule has 1 aromatic carbocycles. The zero-order valence-electron chi connectivity index (χ0n) is 32.5. The van der Waals surface area contributed by atoms with Gasteiger partial charge in [-0.05, 0) is 50.3 Å². The first-order valence-electron chi connectivity index (χ1n) is 19.1. The van der Waals surface area contributed by atoms with Crippen LogP contribution >= 0.6 is 0 Å². The van der Waals surface area contributed by atoms with Gasteiger partial charge in [-0.2, -0.15) is 31.4 Å². The Hall–Kier alpha value is -2.89. The smallest absolute Gasteiger partial charge is 0.357 e. The van der Waals surface area contributed by atoms with Gasteiger partial charge in [0.05, 0.1) is 16.9 Å². The number of carbonyl (C=O) groups excluding carboxylic acids is 2. The Labute approximate surface area is 307 Å². The SMILES string of the molecule is CCCCCCCCCCCCCCCCn1nc(C)c(C(=O)N(C(=O)C(C)C)c2ccc(C(OC)(C(F)(F)F)C(F)(F)F)c(CC(C)C)c2)c1C. The van der Waals surface area contributed by atoms with Crippen molar-refractivity contribution in [2.24, 2.45) is 11.8 Å². The van der Waals surface area contributed by atoms with Crippen LogP contribution in [0.4, 0.5) is 32.0 Å². The summed E-state index contributed by atoms with van der Waals surface area (Å²) < 4.78 is 91.8. The molecule has 296 valence electrons. The van der Waals surface area contributed by atoms with Gasteiger partial charge in [-0.3, -0.25) is 14.3 Å². The highest BCUT2D eigenvalue weighted by Gasteiger charge is 2.73. The molecule has 0 unspecified atom stereocenters. The maximum atomic E-state index is 14.3. The number of halogens is 6. The third-order valence-corrected chi connectivity index (χ3v) is 9.70. The number of benzene rings is 1. The van der Waals surface area contributed by atoms with Crippen molar-refractivity contribution >= 4 is 17.5 Å². The molecular weight excluding hydrogens is 684 g/mol. The molecule has 2 rings (SSSR count). The minimum Gasteiger partial charge on any atom is -0.357 e. The normalized spacial score (nSPS) is 12.7. The number of rotatable bonds is 22. The van der Waals surface area contributed by atoms with E-state index in [1.807, 2.05) is 0 Å². The lowest BCUT2D eigenvalue weighted by molar-refractivity contribution is -0.383. The number of ether oxygens (including phenoxy) is 1. The summed E-state index contributed by atoms with van der Waals surface area (Å²) in [5, 5.41) is 4.57. The summed E-state index contributed by atoms with van der Waals surface area (Å²) in [5.74, 6) is -2.48. The first-order valence-corrected chi connectivity index (χ1v) is 19.1. The first-order chi connectivity index (χ1) is 24.3. The van der Waals surface area contributed by atoms with E-state index in [1.54, 1.807) is 46.2 Å². The highest BCUT2D eigenvalue weighted by atomic mass is 19.4. The first kappa shape index (κ1) is 45.3. The fraction of sp³-hybridized carbons (Fsp3) is 0.725. The highest BCUT2D eigenvalue weighted by Crippen LogP contribution is 2.54. The van der Waals surface area contributed by atoms with Crippen LogP contribution < -0.4 is 4.90 Å². The van der Waals surface area contributed by atoms with Gasteiger partial charge >= 0.3 is 12.4 Å². The number of aromatic nitrogens is 2. The number of aryl methyl sites for hydroxylation is 2. The molecule has 0 radical (unpaired) electrons. The molecule has 1 heterocycles. The topological polar surface area (TPSA) is 64.4 Å². The van der Waals surface area contributed by atoms with E-state index in [0.29, 0.717) is 31.1 Å². The van der Waals surface area contributed by atoms with E-state index in [-0.39, 0.29) is 29.2 Å². The Balaban J connectivity index is 2.26. The van der Waals surface area contributed by atoms with E-state index >= 15 is 0 Å². The molecule has 6 nitrogen and oxygen atoms in total. The molecule has 1 aromatic heterocycles. The molecule has 0 aliphatic rings. The Morgan fingerprint density at radius 3 is 1.69 bits per heavy atom. The lowest BCUT2D eigenvalue weighted by atomic mass is 9.84. The fourth-order valence-corrected chi connectivity index (χ4v) is 6.87. The summed E-state index contributed by atoms with van der Waals surface area (Å²) in [7, 11) is 0.369. The van der Waals surface area contributed by atoms with Crippen molar-refractivity contribution < 1.29 is 40.7 Å². The molecule has 0 saturated carbocycles. The molecule has 0 bridgehead atoms. The standard InChI is InChI=1S/C40H61F6N3O3/c1-9-10-11-12-13-14-15-16-17-18-19-20-21-22-25-48-31(7)35(30(6)47-48)37(51)49(36(50)29(4)5)33-23-24-34(32(27-33)26-28(2)3)38(52-8,39(41,42)43)40(44,45)46/h23-24,27-29H,9-22,25-26H2,1-8H3. The lowest BCUT2D eigenvalue weighted by Crippen LogP contribution is -2.56. The zero-order valence-corrected chi connectivity index (χ0v) is 32.5. The van der Waals surface area contributed by atoms with E-state index in [1.165, 1.54) is 70.6 Å². The van der Waals surface area contributed by atoms with Crippen LogP contribution in [0, 0.1) is 25.7 Å². The Morgan fingerprint density at radius 2 is 1.27 bits per heavy atom. The Kier molecular flexibility index (Phi) is 17.9. The van der Waals surface area contributed by atoms with Crippen LogP contribution in [-0.4, -0.2) is 41.1 Å².